The normalized spacial score (nSPS) is 15.8. The van der Waals surface area contributed by atoms with Crippen LogP contribution in [0.15, 0.2) is 60.7 Å². The molecule has 31 heavy (non-hydrogen) atoms. The zero-order chi connectivity index (χ0) is 22.1. The second-order valence-corrected chi connectivity index (χ2v) is 7.31. The molecule has 0 bridgehead atoms. The van der Waals surface area contributed by atoms with Gasteiger partial charge >= 0.3 is 12.1 Å². The van der Waals surface area contributed by atoms with E-state index in [9.17, 15) is 14.4 Å². The highest BCUT2D eigenvalue weighted by atomic mass is 16.6. The molecular formula is C24H28N2O5. The average Bonchev–Trinajstić information content (AvgIpc) is 2.82. The third-order valence-electron chi connectivity index (χ3n) is 5.15. The third-order valence-corrected chi connectivity index (χ3v) is 5.15. The maximum Gasteiger partial charge on any atom is 0.410 e. The van der Waals surface area contributed by atoms with E-state index in [1.807, 2.05) is 36.4 Å². The van der Waals surface area contributed by atoms with Crippen LogP contribution < -0.4 is 4.90 Å². The van der Waals surface area contributed by atoms with Crippen LogP contribution in [-0.4, -0.2) is 48.6 Å². The number of anilines is 1. The molecule has 1 aliphatic rings. The molecule has 1 fully saturated rings. The summed E-state index contributed by atoms with van der Waals surface area (Å²) in [5.41, 5.74) is 1.47. The Bertz CT molecular complexity index is 872. The number of nitrogens with zero attached hydrogens (tertiary/aromatic N) is 2. The Kier molecular flexibility index (Phi) is 8.04. The van der Waals surface area contributed by atoms with Gasteiger partial charge in [0.2, 0.25) is 5.91 Å². The van der Waals surface area contributed by atoms with Gasteiger partial charge < -0.3 is 9.47 Å². The number of likely N-dealkylation sites (tertiary alicyclic amines) is 1. The first kappa shape index (κ1) is 22.3. The number of esters is 1. The Balaban J connectivity index is 1.75. The minimum Gasteiger partial charge on any atom is -0.465 e. The quantitative estimate of drug-likeness (QED) is 0.633. The lowest BCUT2D eigenvalue weighted by atomic mass is 10.0. The fourth-order valence-corrected chi connectivity index (χ4v) is 3.63. The highest BCUT2D eigenvalue weighted by molar-refractivity contribution is 6.01. The van der Waals surface area contributed by atoms with E-state index in [0.717, 1.165) is 18.4 Å². The van der Waals surface area contributed by atoms with E-state index in [0.29, 0.717) is 18.7 Å². The van der Waals surface area contributed by atoms with Crippen LogP contribution in [0.1, 0.15) is 31.7 Å². The van der Waals surface area contributed by atoms with E-state index < -0.39 is 18.1 Å². The van der Waals surface area contributed by atoms with Crippen molar-refractivity contribution in [3.63, 3.8) is 0 Å². The van der Waals surface area contributed by atoms with Gasteiger partial charge in [0.05, 0.1) is 6.61 Å². The molecule has 0 saturated carbocycles. The van der Waals surface area contributed by atoms with Crippen molar-refractivity contribution in [1.82, 2.24) is 4.90 Å². The molecule has 0 N–H and O–H groups in total. The van der Waals surface area contributed by atoms with Crippen LogP contribution in [0.25, 0.3) is 0 Å². The first-order chi connectivity index (χ1) is 15.1. The van der Waals surface area contributed by atoms with E-state index in [2.05, 4.69) is 0 Å². The molecular weight excluding hydrogens is 396 g/mol. The molecule has 7 heteroatoms. The molecule has 3 rings (SSSR count). The van der Waals surface area contributed by atoms with Gasteiger partial charge in [0.25, 0.3) is 0 Å². The van der Waals surface area contributed by atoms with Gasteiger partial charge in [-0.1, -0.05) is 48.5 Å². The molecule has 1 heterocycles. The monoisotopic (exact) mass is 424 g/mol. The van der Waals surface area contributed by atoms with Crippen LogP contribution in [0.5, 0.6) is 0 Å². The van der Waals surface area contributed by atoms with E-state index in [1.165, 1.54) is 9.80 Å². The average molecular weight is 424 g/mol. The number of piperidine rings is 1. The van der Waals surface area contributed by atoms with Crippen LogP contribution in [0.4, 0.5) is 10.5 Å². The van der Waals surface area contributed by atoms with Crippen molar-refractivity contribution in [1.29, 1.82) is 0 Å². The van der Waals surface area contributed by atoms with Crippen LogP contribution >= 0.6 is 0 Å². The van der Waals surface area contributed by atoms with Crippen LogP contribution in [-0.2, 0) is 25.7 Å². The summed E-state index contributed by atoms with van der Waals surface area (Å²) in [6.45, 7) is 2.32. The number of ether oxygens (including phenoxy) is 2. The largest absolute Gasteiger partial charge is 0.465 e. The Morgan fingerprint density at radius 2 is 1.65 bits per heavy atom. The number of hydrogen-bond acceptors (Lipinski definition) is 5. The van der Waals surface area contributed by atoms with Gasteiger partial charge in [-0.15, -0.1) is 0 Å². The van der Waals surface area contributed by atoms with Gasteiger partial charge in [0.1, 0.15) is 19.2 Å². The summed E-state index contributed by atoms with van der Waals surface area (Å²) in [5.74, 6) is -0.802. The van der Waals surface area contributed by atoms with Crippen molar-refractivity contribution in [2.24, 2.45) is 0 Å². The van der Waals surface area contributed by atoms with Gasteiger partial charge in [0, 0.05) is 12.2 Å². The maximum absolute atomic E-state index is 13.5. The number of benzene rings is 2. The molecule has 2 aromatic rings. The molecule has 0 radical (unpaired) electrons. The minimum absolute atomic E-state index is 0.141. The Morgan fingerprint density at radius 3 is 2.32 bits per heavy atom. The molecule has 2 aromatic carbocycles. The molecule has 0 unspecified atom stereocenters. The summed E-state index contributed by atoms with van der Waals surface area (Å²) in [6.07, 6.45) is 1.62. The second kappa shape index (κ2) is 11.2. The fraction of sp³-hybridized carbons (Fsp3) is 0.375. The third kappa shape index (κ3) is 6.07. The minimum atomic E-state index is -0.688. The lowest BCUT2D eigenvalue weighted by Crippen LogP contribution is -2.54. The van der Waals surface area contributed by atoms with Crippen molar-refractivity contribution in [2.45, 2.75) is 38.8 Å². The van der Waals surface area contributed by atoms with E-state index in [-0.39, 0.29) is 25.7 Å². The molecule has 1 saturated heterocycles. The Labute approximate surface area is 182 Å². The number of amides is 2. The van der Waals surface area contributed by atoms with E-state index in [4.69, 9.17) is 9.47 Å². The fourth-order valence-electron chi connectivity index (χ4n) is 3.63. The van der Waals surface area contributed by atoms with Crippen molar-refractivity contribution >= 4 is 23.7 Å². The standard InChI is InChI=1S/C24H28N2O5/c1-2-30-22(27)17-26(20-13-7-4-8-14-20)23(28)21-15-9-10-16-25(21)24(29)31-18-19-11-5-3-6-12-19/h3-8,11-14,21H,2,9-10,15-18H2,1H3/t21-/m1/s1. The number of hydrogen-bond donors (Lipinski definition) is 0. The summed E-state index contributed by atoms with van der Waals surface area (Å²) < 4.78 is 10.5. The lowest BCUT2D eigenvalue weighted by Gasteiger charge is -2.36. The second-order valence-electron chi connectivity index (χ2n) is 7.31. The maximum atomic E-state index is 13.5. The van der Waals surface area contributed by atoms with Crippen LogP contribution in [0, 0.1) is 0 Å². The summed E-state index contributed by atoms with van der Waals surface area (Å²) in [6, 6.07) is 17.7. The molecule has 164 valence electrons. The Morgan fingerprint density at radius 1 is 0.968 bits per heavy atom. The predicted octanol–water partition coefficient (Wildman–Crippen LogP) is 3.77. The molecule has 0 aliphatic carbocycles. The Hall–Kier alpha value is -3.35. The summed E-state index contributed by atoms with van der Waals surface area (Å²) >= 11 is 0. The smallest absolute Gasteiger partial charge is 0.410 e. The molecule has 0 spiro atoms. The van der Waals surface area contributed by atoms with Gasteiger partial charge in [-0.25, -0.2) is 4.79 Å². The van der Waals surface area contributed by atoms with Gasteiger partial charge in [-0.3, -0.25) is 19.4 Å². The van der Waals surface area contributed by atoms with Crippen molar-refractivity contribution in [3.05, 3.63) is 66.2 Å². The summed E-state index contributed by atoms with van der Waals surface area (Å²) in [5, 5.41) is 0. The van der Waals surface area contributed by atoms with Crippen LogP contribution in [0.2, 0.25) is 0 Å². The summed E-state index contributed by atoms with van der Waals surface area (Å²) in [4.78, 5) is 41.4. The molecule has 1 atom stereocenters. The SMILES string of the molecule is CCOC(=O)CN(C(=O)[C@H]1CCCCN1C(=O)OCc1ccccc1)c1ccccc1. The first-order valence-electron chi connectivity index (χ1n) is 10.6. The van der Waals surface area contributed by atoms with E-state index in [1.54, 1.807) is 31.2 Å². The summed E-state index contributed by atoms with van der Waals surface area (Å²) in [7, 11) is 0. The number of rotatable bonds is 7. The lowest BCUT2D eigenvalue weighted by molar-refractivity contribution is -0.142. The molecule has 2 amide bonds. The highest BCUT2D eigenvalue weighted by Crippen LogP contribution is 2.23. The zero-order valence-corrected chi connectivity index (χ0v) is 17.7. The van der Waals surface area contributed by atoms with Gasteiger partial charge in [0.15, 0.2) is 0 Å². The molecule has 7 nitrogen and oxygen atoms in total. The highest BCUT2D eigenvalue weighted by Gasteiger charge is 2.37. The van der Waals surface area contributed by atoms with Crippen molar-refractivity contribution < 1.29 is 23.9 Å². The molecule has 0 aromatic heterocycles. The van der Waals surface area contributed by atoms with Gasteiger partial charge in [-0.2, -0.15) is 0 Å². The first-order valence-corrected chi connectivity index (χ1v) is 10.6. The zero-order valence-electron chi connectivity index (χ0n) is 17.7. The number of carbonyl (C=O) groups excluding carboxylic acids is 3. The topological polar surface area (TPSA) is 76.2 Å². The number of para-hydroxylation sites is 1. The van der Waals surface area contributed by atoms with E-state index >= 15 is 0 Å². The van der Waals surface area contributed by atoms with Crippen LogP contribution in [0.3, 0.4) is 0 Å². The predicted molar refractivity (Wildman–Crippen MR) is 116 cm³/mol. The van der Waals surface area contributed by atoms with Crippen molar-refractivity contribution in [3.8, 4) is 0 Å². The number of carbonyl (C=O) groups is 3. The molecule has 1 aliphatic heterocycles. The van der Waals surface area contributed by atoms with Crippen molar-refractivity contribution in [2.75, 3.05) is 24.6 Å². The van der Waals surface area contributed by atoms with Gasteiger partial charge in [-0.05, 0) is 43.9 Å².